The van der Waals surface area contributed by atoms with Crippen molar-refractivity contribution in [3.8, 4) is 0 Å². The van der Waals surface area contributed by atoms with Crippen LogP contribution in [0, 0.1) is 0 Å². The molecule has 0 saturated heterocycles. The van der Waals surface area contributed by atoms with Crippen LogP contribution in [0.1, 0.15) is 31.7 Å². The Morgan fingerprint density at radius 3 is 2.69 bits per heavy atom. The lowest BCUT2D eigenvalue weighted by Gasteiger charge is -2.17. The van der Waals surface area contributed by atoms with Crippen LogP contribution in [0.2, 0.25) is 0 Å². The summed E-state index contributed by atoms with van der Waals surface area (Å²) < 4.78 is 0. The Bertz CT molecular complexity index is 274. The standard InChI is InChI=1S/C13H23N3/c1-3-13(14)5-4-10-16(2)11-12-6-8-15-9-7-12/h6-9,13H,3-5,10-11,14H2,1-2H3. The zero-order chi connectivity index (χ0) is 11.8. The summed E-state index contributed by atoms with van der Waals surface area (Å²) in [7, 11) is 2.15. The zero-order valence-electron chi connectivity index (χ0n) is 10.4. The first-order valence-electron chi connectivity index (χ1n) is 6.05. The summed E-state index contributed by atoms with van der Waals surface area (Å²) in [6.45, 7) is 4.24. The van der Waals surface area contributed by atoms with Crippen molar-refractivity contribution in [2.24, 2.45) is 5.73 Å². The minimum absolute atomic E-state index is 0.370. The lowest BCUT2D eigenvalue weighted by molar-refractivity contribution is 0.313. The molecule has 0 aliphatic rings. The molecule has 0 radical (unpaired) electrons. The third-order valence-corrected chi connectivity index (χ3v) is 2.84. The SMILES string of the molecule is CCC(N)CCCN(C)Cc1ccncc1. The fraction of sp³-hybridized carbons (Fsp3) is 0.615. The predicted octanol–water partition coefficient (Wildman–Crippen LogP) is 2.03. The van der Waals surface area contributed by atoms with E-state index in [-0.39, 0.29) is 0 Å². The molecule has 0 fully saturated rings. The van der Waals surface area contributed by atoms with Gasteiger partial charge >= 0.3 is 0 Å². The van der Waals surface area contributed by atoms with Crippen molar-refractivity contribution in [3.63, 3.8) is 0 Å². The summed E-state index contributed by atoms with van der Waals surface area (Å²) in [6.07, 6.45) is 7.06. The summed E-state index contributed by atoms with van der Waals surface area (Å²) in [5.41, 5.74) is 7.20. The minimum Gasteiger partial charge on any atom is -0.328 e. The average Bonchev–Trinajstić information content (AvgIpc) is 2.30. The van der Waals surface area contributed by atoms with Crippen molar-refractivity contribution >= 4 is 0 Å². The minimum atomic E-state index is 0.370. The number of pyridine rings is 1. The van der Waals surface area contributed by atoms with Crippen LogP contribution in [0.25, 0.3) is 0 Å². The number of hydrogen-bond donors (Lipinski definition) is 1. The van der Waals surface area contributed by atoms with Crippen molar-refractivity contribution in [1.29, 1.82) is 0 Å². The first-order chi connectivity index (χ1) is 7.72. The highest BCUT2D eigenvalue weighted by Gasteiger charge is 2.02. The Balaban J connectivity index is 2.19. The molecular formula is C13H23N3. The molecule has 1 heterocycles. The molecule has 1 unspecified atom stereocenters. The maximum Gasteiger partial charge on any atom is 0.0271 e. The van der Waals surface area contributed by atoms with Crippen LogP contribution in [0.15, 0.2) is 24.5 Å². The lowest BCUT2D eigenvalue weighted by atomic mass is 10.1. The van der Waals surface area contributed by atoms with Gasteiger partial charge in [0.05, 0.1) is 0 Å². The highest BCUT2D eigenvalue weighted by Crippen LogP contribution is 2.04. The second kappa shape index (κ2) is 7.36. The number of nitrogens with zero attached hydrogens (tertiary/aromatic N) is 2. The maximum absolute atomic E-state index is 5.88. The zero-order valence-corrected chi connectivity index (χ0v) is 10.4. The predicted molar refractivity (Wildman–Crippen MR) is 68.1 cm³/mol. The molecule has 1 atom stereocenters. The normalized spacial score (nSPS) is 13.0. The van der Waals surface area contributed by atoms with Crippen LogP contribution in [0.4, 0.5) is 0 Å². The van der Waals surface area contributed by atoms with E-state index in [4.69, 9.17) is 5.73 Å². The second-order valence-electron chi connectivity index (χ2n) is 4.40. The smallest absolute Gasteiger partial charge is 0.0271 e. The quantitative estimate of drug-likeness (QED) is 0.766. The Morgan fingerprint density at radius 2 is 2.06 bits per heavy atom. The van der Waals surface area contributed by atoms with E-state index in [9.17, 15) is 0 Å². The summed E-state index contributed by atoms with van der Waals surface area (Å²) in [6, 6.07) is 4.50. The van der Waals surface area contributed by atoms with E-state index in [0.717, 1.165) is 25.9 Å². The molecule has 3 nitrogen and oxygen atoms in total. The molecule has 0 amide bonds. The van der Waals surface area contributed by atoms with E-state index in [1.54, 1.807) is 0 Å². The van der Waals surface area contributed by atoms with E-state index in [1.807, 2.05) is 12.4 Å². The summed E-state index contributed by atoms with van der Waals surface area (Å²) in [4.78, 5) is 6.35. The molecule has 0 aliphatic carbocycles. The molecule has 1 aromatic rings. The number of hydrogen-bond acceptors (Lipinski definition) is 3. The molecule has 0 saturated carbocycles. The Labute approximate surface area is 98.7 Å². The maximum atomic E-state index is 5.88. The summed E-state index contributed by atoms with van der Waals surface area (Å²) in [5, 5.41) is 0. The van der Waals surface area contributed by atoms with Gasteiger partial charge in [-0.15, -0.1) is 0 Å². The number of nitrogens with two attached hydrogens (primary N) is 1. The van der Waals surface area contributed by atoms with Crippen molar-refractivity contribution in [2.75, 3.05) is 13.6 Å². The topological polar surface area (TPSA) is 42.1 Å². The number of rotatable bonds is 7. The van der Waals surface area contributed by atoms with E-state index in [0.29, 0.717) is 6.04 Å². The molecule has 0 bridgehead atoms. The van der Waals surface area contributed by atoms with Crippen molar-refractivity contribution in [2.45, 2.75) is 38.8 Å². The van der Waals surface area contributed by atoms with Crippen molar-refractivity contribution in [3.05, 3.63) is 30.1 Å². The van der Waals surface area contributed by atoms with Gasteiger partial charge < -0.3 is 10.6 Å². The molecule has 1 aromatic heterocycles. The first kappa shape index (κ1) is 13.1. The molecule has 16 heavy (non-hydrogen) atoms. The van der Waals surface area contributed by atoms with Gasteiger partial charge in [0.25, 0.3) is 0 Å². The fourth-order valence-electron chi connectivity index (χ4n) is 1.71. The van der Waals surface area contributed by atoms with Crippen LogP contribution in [-0.2, 0) is 6.54 Å². The van der Waals surface area contributed by atoms with Crippen LogP contribution < -0.4 is 5.73 Å². The van der Waals surface area contributed by atoms with Gasteiger partial charge in [-0.3, -0.25) is 4.98 Å². The van der Waals surface area contributed by atoms with Gasteiger partial charge in [0.1, 0.15) is 0 Å². The van der Waals surface area contributed by atoms with Crippen LogP contribution in [0.5, 0.6) is 0 Å². The second-order valence-corrected chi connectivity index (χ2v) is 4.40. The Morgan fingerprint density at radius 1 is 1.38 bits per heavy atom. The molecule has 0 aliphatic heterocycles. The van der Waals surface area contributed by atoms with Crippen molar-refractivity contribution in [1.82, 2.24) is 9.88 Å². The van der Waals surface area contributed by atoms with E-state index in [1.165, 1.54) is 12.0 Å². The third-order valence-electron chi connectivity index (χ3n) is 2.84. The highest BCUT2D eigenvalue weighted by atomic mass is 15.1. The largest absolute Gasteiger partial charge is 0.328 e. The molecular weight excluding hydrogens is 198 g/mol. The van der Waals surface area contributed by atoms with Gasteiger partial charge in [-0.25, -0.2) is 0 Å². The Kier molecular flexibility index (Phi) is 6.04. The monoisotopic (exact) mass is 221 g/mol. The van der Waals surface area contributed by atoms with Gasteiger partial charge in [0.15, 0.2) is 0 Å². The van der Waals surface area contributed by atoms with Gasteiger partial charge in [0.2, 0.25) is 0 Å². The molecule has 0 spiro atoms. The van der Waals surface area contributed by atoms with Crippen LogP contribution in [0.3, 0.4) is 0 Å². The van der Waals surface area contributed by atoms with E-state index < -0.39 is 0 Å². The van der Waals surface area contributed by atoms with E-state index in [2.05, 4.69) is 36.0 Å². The number of aromatic nitrogens is 1. The third kappa shape index (κ3) is 5.24. The van der Waals surface area contributed by atoms with Gasteiger partial charge in [-0.05, 0) is 50.6 Å². The molecule has 90 valence electrons. The first-order valence-corrected chi connectivity index (χ1v) is 6.05. The lowest BCUT2D eigenvalue weighted by Crippen LogP contribution is -2.23. The summed E-state index contributed by atoms with van der Waals surface area (Å²) >= 11 is 0. The Hall–Kier alpha value is -0.930. The van der Waals surface area contributed by atoms with Gasteiger partial charge in [-0.1, -0.05) is 6.92 Å². The van der Waals surface area contributed by atoms with E-state index >= 15 is 0 Å². The molecule has 1 rings (SSSR count). The van der Waals surface area contributed by atoms with Crippen LogP contribution in [-0.4, -0.2) is 29.5 Å². The van der Waals surface area contributed by atoms with Crippen LogP contribution >= 0.6 is 0 Å². The molecule has 2 N–H and O–H groups in total. The fourth-order valence-corrected chi connectivity index (χ4v) is 1.71. The summed E-state index contributed by atoms with van der Waals surface area (Å²) in [5.74, 6) is 0. The van der Waals surface area contributed by atoms with Gasteiger partial charge in [0, 0.05) is 25.0 Å². The van der Waals surface area contributed by atoms with Crippen molar-refractivity contribution < 1.29 is 0 Å². The highest BCUT2D eigenvalue weighted by molar-refractivity contribution is 5.09. The average molecular weight is 221 g/mol. The molecule has 0 aromatic carbocycles. The van der Waals surface area contributed by atoms with Gasteiger partial charge in [-0.2, -0.15) is 0 Å². The molecule has 3 heteroatoms.